The summed E-state index contributed by atoms with van der Waals surface area (Å²) < 4.78 is 0. The molecule has 0 saturated heterocycles. The van der Waals surface area contributed by atoms with E-state index in [4.69, 9.17) is 0 Å². The Balaban J connectivity index is 4.51. The summed E-state index contributed by atoms with van der Waals surface area (Å²) in [6.45, 7) is 14.4. The Kier molecular flexibility index (Phi) is 9.00. The summed E-state index contributed by atoms with van der Waals surface area (Å²) in [5, 5.41) is 0. The molecule has 0 fully saturated rings. The van der Waals surface area contributed by atoms with Gasteiger partial charge in [0.05, 0.1) is 0 Å². The van der Waals surface area contributed by atoms with Gasteiger partial charge in [0.25, 0.3) is 0 Å². The van der Waals surface area contributed by atoms with Crippen LogP contribution >= 0.6 is 0 Å². The second-order valence-corrected chi connectivity index (χ2v) is 6.40. The fraction of sp³-hybridized carbons (Fsp3) is 1.00. The monoisotopic (exact) mass is 240 g/mol. The summed E-state index contributed by atoms with van der Waals surface area (Å²) in [6.07, 6.45) is 11.1. The molecule has 0 aromatic rings. The van der Waals surface area contributed by atoms with E-state index in [9.17, 15) is 0 Å². The molecule has 0 nitrogen and oxygen atoms in total. The van der Waals surface area contributed by atoms with E-state index in [1.165, 1.54) is 51.4 Å². The first-order valence-corrected chi connectivity index (χ1v) is 8.03. The van der Waals surface area contributed by atoms with E-state index in [0.717, 1.165) is 11.8 Å². The van der Waals surface area contributed by atoms with E-state index < -0.39 is 0 Å². The standard InChI is InChI=1S/C17H36/c1-7-11-12-14-15(9-3)16(13-8-2)17(5,6)10-4/h15-16H,7-14H2,1-6H3. The van der Waals surface area contributed by atoms with Crippen molar-refractivity contribution in [1.82, 2.24) is 0 Å². The largest absolute Gasteiger partial charge is 0.0654 e. The van der Waals surface area contributed by atoms with Gasteiger partial charge in [-0.05, 0) is 23.7 Å². The molecule has 0 radical (unpaired) electrons. The third-order valence-electron chi connectivity index (χ3n) is 4.79. The van der Waals surface area contributed by atoms with Crippen molar-refractivity contribution in [3.8, 4) is 0 Å². The minimum atomic E-state index is 0.531. The van der Waals surface area contributed by atoms with Crippen LogP contribution in [0.5, 0.6) is 0 Å². The zero-order chi connectivity index (χ0) is 13.3. The van der Waals surface area contributed by atoms with Crippen LogP contribution in [0, 0.1) is 17.3 Å². The lowest BCUT2D eigenvalue weighted by molar-refractivity contribution is 0.109. The zero-order valence-electron chi connectivity index (χ0n) is 13.3. The van der Waals surface area contributed by atoms with Crippen molar-refractivity contribution in [3.05, 3.63) is 0 Å². The van der Waals surface area contributed by atoms with Crippen molar-refractivity contribution >= 4 is 0 Å². The van der Waals surface area contributed by atoms with Crippen molar-refractivity contribution < 1.29 is 0 Å². The molecule has 2 atom stereocenters. The second kappa shape index (κ2) is 9.00. The molecule has 0 aliphatic carbocycles. The Morgan fingerprint density at radius 1 is 0.824 bits per heavy atom. The molecular weight excluding hydrogens is 204 g/mol. The molecule has 0 aromatic heterocycles. The third kappa shape index (κ3) is 5.93. The molecule has 0 heterocycles. The minimum absolute atomic E-state index is 0.531. The first kappa shape index (κ1) is 17.0. The normalized spacial score (nSPS) is 15.9. The Hall–Kier alpha value is 0. The lowest BCUT2D eigenvalue weighted by atomic mass is 9.66. The number of rotatable bonds is 10. The highest BCUT2D eigenvalue weighted by atomic mass is 14.4. The molecule has 104 valence electrons. The maximum absolute atomic E-state index is 2.48. The zero-order valence-corrected chi connectivity index (χ0v) is 13.3. The lowest BCUT2D eigenvalue weighted by Crippen LogP contribution is -2.30. The molecule has 0 spiro atoms. The summed E-state index contributed by atoms with van der Waals surface area (Å²) in [7, 11) is 0. The minimum Gasteiger partial charge on any atom is -0.0654 e. The Morgan fingerprint density at radius 3 is 1.88 bits per heavy atom. The molecule has 0 aliphatic heterocycles. The van der Waals surface area contributed by atoms with Gasteiger partial charge in [0.1, 0.15) is 0 Å². The molecule has 2 unspecified atom stereocenters. The van der Waals surface area contributed by atoms with Gasteiger partial charge >= 0.3 is 0 Å². The van der Waals surface area contributed by atoms with Crippen LogP contribution in [0.4, 0.5) is 0 Å². The molecule has 17 heavy (non-hydrogen) atoms. The summed E-state index contributed by atoms with van der Waals surface area (Å²) >= 11 is 0. The highest BCUT2D eigenvalue weighted by Crippen LogP contribution is 2.42. The van der Waals surface area contributed by atoms with Crippen LogP contribution in [0.2, 0.25) is 0 Å². The van der Waals surface area contributed by atoms with Gasteiger partial charge in [0, 0.05) is 0 Å². The molecule has 0 heteroatoms. The van der Waals surface area contributed by atoms with Gasteiger partial charge in [-0.2, -0.15) is 0 Å². The fourth-order valence-corrected chi connectivity index (χ4v) is 3.18. The smallest absolute Gasteiger partial charge is 0.0326 e. The van der Waals surface area contributed by atoms with E-state index in [1.54, 1.807) is 0 Å². The van der Waals surface area contributed by atoms with Gasteiger partial charge < -0.3 is 0 Å². The van der Waals surface area contributed by atoms with Crippen LogP contribution in [0.3, 0.4) is 0 Å². The van der Waals surface area contributed by atoms with Crippen LogP contribution in [0.1, 0.15) is 92.9 Å². The Labute approximate surface area is 111 Å². The SMILES string of the molecule is CCCCCC(CC)C(CCC)C(C)(C)CC. The second-order valence-electron chi connectivity index (χ2n) is 6.40. The first-order valence-electron chi connectivity index (χ1n) is 8.03. The van der Waals surface area contributed by atoms with Crippen molar-refractivity contribution in [2.24, 2.45) is 17.3 Å². The van der Waals surface area contributed by atoms with Crippen LogP contribution in [0.25, 0.3) is 0 Å². The van der Waals surface area contributed by atoms with Crippen LogP contribution in [-0.2, 0) is 0 Å². The van der Waals surface area contributed by atoms with Crippen LogP contribution in [-0.4, -0.2) is 0 Å². The third-order valence-corrected chi connectivity index (χ3v) is 4.79. The van der Waals surface area contributed by atoms with Gasteiger partial charge in [-0.25, -0.2) is 0 Å². The van der Waals surface area contributed by atoms with E-state index in [-0.39, 0.29) is 0 Å². The maximum Gasteiger partial charge on any atom is -0.0326 e. The average Bonchev–Trinajstić information content (AvgIpc) is 2.32. The van der Waals surface area contributed by atoms with E-state index in [2.05, 4.69) is 41.5 Å². The van der Waals surface area contributed by atoms with Gasteiger partial charge in [-0.1, -0.05) is 86.5 Å². The van der Waals surface area contributed by atoms with Gasteiger partial charge in [0.15, 0.2) is 0 Å². The first-order chi connectivity index (χ1) is 8.03. The summed E-state index contributed by atoms with van der Waals surface area (Å²) in [5.74, 6) is 1.89. The number of hydrogen-bond donors (Lipinski definition) is 0. The fourth-order valence-electron chi connectivity index (χ4n) is 3.18. The summed E-state index contributed by atoms with van der Waals surface area (Å²) in [4.78, 5) is 0. The quantitative estimate of drug-likeness (QED) is 0.385. The molecule has 0 aromatic carbocycles. The number of hydrogen-bond acceptors (Lipinski definition) is 0. The van der Waals surface area contributed by atoms with Crippen molar-refractivity contribution in [3.63, 3.8) is 0 Å². The maximum atomic E-state index is 2.48. The highest BCUT2D eigenvalue weighted by molar-refractivity contribution is 4.82. The highest BCUT2D eigenvalue weighted by Gasteiger charge is 2.32. The van der Waals surface area contributed by atoms with E-state index in [1.807, 2.05) is 0 Å². The van der Waals surface area contributed by atoms with Crippen molar-refractivity contribution in [2.75, 3.05) is 0 Å². The molecule has 0 rings (SSSR count). The number of unbranched alkanes of at least 4 members (excludes halogenated alkanes) is 2. The molecule has 0 aliphatic rings. The van der Waals surface area contributed by atoms with Crippen LogP contribution < -0.4 is 0 Å². The molecular formula is C17H36. The summed E-state index contributed by atoms with van der Waals surface area (Å²) in [5.41, 5.74) is 0.531. The predicted molar refractivity (Wildman–Crippen MR) is 80.4 cm³/mol. The summed E-state index contributed by atoms with van der Waals surface area (Å²) in [6, 6.07) is 0. The van der Waals surface area contributed by atoms with E-state index in [0.29, 0.717) is 5.41 Å². The van der Waals surface area contributed by atoms with Gasteiger partial charge in [-0.3, -0.25) is 0 Å². The van der Waals surface area contributed by atoms with Crippen molar-refractivity contribution in [1.29, 1.82) is 0 Å². The average molecular weight is 240 g/mol. The Morgan fingerprint density at radius 2 is 1.47 bits per heavy atom. The molecule has 0 N–H and O–H groups in total. The molecule has 0 bridgehead atoms. The van der Waals surface area contributed by atoms with Gasteiger partial charge in [-0.15, -0.1) is 0 Å². The van der Waals surface area contributed by atoms with Gasteiger partial charge in [0.2, 0.25) is 0 Å². The van der Waals surface area contributed by atoms with Crippen LogP contribution in [0.15, 0.2) is 0 Å². The van der Waals surface area contributed by atoms with Crippen molar-refractivity contribution in [2.45, 2.75) is 92.9 Å². The lowest BCUT2D eigenvalue weighted by Gasteiger charge is -2.39. The molecule has 0 saturated carbocycles. The topological polar surface area (TPSA) is 0 Å². The molecule has 0 amide bonds. The predicted octanol–water partition coefficient (Wildman–Crippen LogP) is 6.45. The van der Waals surface area contributed by atoms with E-state index >= 15 is 0 Å². The Bertz CT molecular complexity index is 169.